The third-order valence-corrected chi connectivity index (χ3v) is 6.87. The van der Waals surface area contributed by atoms with E-state index in [1.54, 1.807) is 28.7 Å². The molecule has 0 saturated carbocycles. The monoisotopic (exact) mass is 464 g/mol. The van der Waals surface area contributed by atoms with E-state index in [0.29, 0.717) is 23.0 Å². The summed E-state index contributed by atoms with van der Waals surface area (Å²) >= 11 is 0. The van der Waals surface area contributed by atoms with Crippen molar-refractivity contribution >= 4 is 17.2 Å². The van der Waals surface area contributed by atoms with E-state index in [0.717, 1.165) is 36.9 Å². The van der Waals surface area contributed by atoms with Crippen molar-refractivity contribution < 1.29 is 4.39 Å². The number of aromatic amines is 1. The molecule has 0 aliphatic heterocycles. The van der Waals surface area contributed by atoms with Gasteiger partial charge < -0.3 is 5.32 Å². The largest absolute Gasteiger partial charge is 0.351 e. The first-order valence-corrected chi connectivity index (χ1v) is 11.6. The number of H-pyrrole nitrogens is 1. The van der Waals surface area contributed by atoms with Gasteiger partial charge in [-0.1, -0.05) is 29.8 Å². The van der Waals surface area contributed by atoms with Gasteiger partial charge in [0.05, 0.1) is 23.7 Å². The minimum Gasteiger partial charge on any atom is -0.351 e. The Morgan fingerprint density at radius 1 is 1.06 bits per heavy atom. The molecule has 4 heterocycles. The third-order valence-electron chi connectivity index (χ3n) is 6.87. The van der Waals surface area contributed by atoms with Crippen LogP contribution in [0, 0.1) is 5.82 Å². The van der Waals surface area contributed by atoms with Gasteiger partial charge in [-0.3, -0.25) is 10.1 Å². The number of fused-ring (bicyclic) bond motifs is 3. The Morgan fingerprint density at radius 2 is 2.00 bits per heavy atom. The summed E-state index contributed by atoms with van der Waals surface area (Å²) in [6.07, 6.45) is 10.2. The molecular formula is C26H21FN8. The number of rotatable bonds is 4. The van der Waals surface area contributed by atoms with Crippen LogP contribution in [0.2, 0.25) is 0 Å². The summed E-state index contributed by atoms with van der Waals surface area (Å²) in [6, 6.07) is 12.1. The van der Waals surface area contributed by atoms with Gasteiger partial charge in [0.15, 0.2) is 11.5 Å². The van der Waals surface area contributed by atoms with Gasteiger partial charge in [0.2, 0.25) is 5.95 Å². The number of aromatic nitrogens is 7. The summed E-state index contributed by atoms with van der Waals surface area (Å²) in [5.41, 5.74) is 8.47. The highest BCUT2D eigenvalue weighted by Gasteiger charge is 2.29. The first kappa shape index (κ1) is 20.0. The van der Waals surface area contributed by atoms with Gasteiger partial charge in [-0.25, -0.2) is 9.37 Å². The van der Waals surface area contributed by atoms with Crippen LogP contribution >= 0.6 is 0 Å². The minimum absolute atomic E-state index is 0.191. The van der Waals surface area contributed by atoms with Crippen molar-refractivity contribution in [1.29, 1.82) is 0 Å². The molecule has 0 spiro atoms. The van der Waals surface area contributed by atoms with E-state index >= 15 is 0 Å². The van der Waals surface area contributed by atoms with Crippen LogP contribution in [0.3, 0.4) is 0 Å². The zero-order chi connectivity index (χ0) is 23.4. The second-order valence-corrected chi connectivity index (χ2v) is 9.03. The minimum atomic E-state index is -0.436. The number of nitrogens with zero attached hydrogens (tertiary/aromatic N) is 6. The first-order chi connectivity index (χ1) is 17.2. The van der Waals surface area contributed by atoms with Gasteiger partial charge in [-0.15, -0.1) is 0 Å². The Kier molecular flexibility index (Phi) is 4.48. The third kappa shape index (κ3) is 3.39. The normalized spacial score (nSPS) is 17.0. The van der Waals surface area contributed by atoms with Crippen LogP contribution in [0.4, 0.5) is 10.3 Å². The molecule has 1 aromatic carbocycles. The van der Waals surface area contributed by atoms with Crippen LogP contribution in [0.5, 0.6) is 0 Å². The van der Waals surface area contributed by atoms with Crippen molar-refractivity contribution in [3.63, 3.8) is 0 Å². The van der Waals surface area contributed by atoms with Crippen LogP contribution in [-0.2, 0) is 6.42 Å². The van der Waals surface area contributed by atoms with Crippen molar-refractivity contribution in [3.8, 4) is 22.6 Å². The zero-order valence-corrected chi connectivity index (χ0v) is 18.7. The molecule has 9 heteroatoms. The quantitative estimate of drug-likeness (QED) is 0.401. The standard InChI is InChI=1S/C26H21FN8/c27-18-10-17(12-28-13-18)24-32-25-22(23-7-8-29-34-23)14-30-35(25)26(33-24)31-19-6-5-16-9-15-3-1-2-4-20(15)21(16)11-19/h1-4,7-8,10,12-14,19H,5-6,9,11H2,(H,29,34)(H,31,32,33)/t19-/m1/s1. The molecule has 172 valence electrons. The van der Waals surface area contributed by atoms with E-state index in [2.05, 4.69) is 49.9 Å². The fraction of sp³-hybridized carbons (Fsp3) is 0.192. The van der Waals surface area contributed by atoms with Crippen LogP contribution in [0.15, 0.2) is 66.8 Å². The predicted molar refractivity (Wildman–Crippen MR) is 130 cm³/mol. The van der Waals surface area contributed by atoms with E-state index in [1.807, 2.05) is 6.07 Å². The Morgan fingerprint density at radius 3 is 2.89 bits per heavy atom. The fourth-order valence-corrected chi connectivity index (χ4v) is 5.22. The molecule has 5 aromatic rings. The Labute approximate surface area is 200 Å². The molecule has 0 saturated heterocycles. The Hall–Kier alpha value is -4.40. The van der Waals surface area contributed by atoms with Crippen LogP contribution < -0.4 is 5.32 Å². The summed E-state index contributed by atoms with van der Waals surface area (Å²) in [6.45, 7) is 0. The molecule has 35 heavy (non-hydrogen) atoms. The highest BCUT2D eigenvalue weighted by molar-refractivity contribution is 5.79. The predicted octanol–water partition coefficient (Wildman–Crippen LogP) is 4.69. The number of pyridine rings is 1. The Balaban J connectivity index is 1.30. The fourth-order valence-electron chi connectivity index (χ4n) is 5.22. The molecule has 0 unspecified atom stereocenters. The van der Waals surface area contributed by atoms with Gasteiger partial charge in [0.1, 0.15) is 5.82 Å². The Bertz CT molecular complexity index is 1600. The lowest BCUT2D eigenvalue weighted by Gasteiger charge is -2.26. The topological polar surface area (TPSA) is 96.7 Å². The van der Waals surface area contributed by atoms with Crippen molar-refractivity contribution in [2.45, 2.75) is 31.7 Å². The lowest BCUT2D eigenvalue weighted by molar-refractivity contribution is 0.621. The van der Waals surface area contributed by atoms with Crippen molar-refractivity contribution in [2.24, 2.45) is 0 Å². The number of hydrogen-bond donors (Lipinski definition) is 2. The van der Waals surface area contributed by atoms with E-state index < -0.39 is 5.82 Å². The molecule has 4 aromatic heterocycles. The number of halogens is 1. The molecule has 1 atom stereocenters. The number of nitrogens with one attached hydrogen (secondary N) is 2. The SMILES string of the molecule is Fc1cncc(-c2nc(N[C@@H]3CCC4=C(C3)c3ccccc3C4)n3ncc(-c4ccn[nH]4)c3n2)c1. The average molecular weight is 465 g/mol. The summed E-state index contributed by atoms with van der Waals surface area (Å²) in [5, 5.41) is 15.2. The van der Waals surface area contributed by atoms with E-state index in [1.165, 1.54) is 29.0 Å². The number of allylic oxidation sites excluding steroid dienone is 1. The number of hydrogen-bond acceptors (Lipinski definition) is 6. The molecule has 7 rings (SSSR count). The summed E-state index contributed by atoms with van der Waals surface area (Å²) in [4.78, 5) is 13.5. The molecule has 8 nitrogen and oxygen atoms in total. The summed E-state index contributed by atoms with van der Waals surface area (Å²) < 4.78 is 15.7. The zero-order valence-electron chi connectivity index (χ0n) is 18.7. The van der Waals surface area contributed by atoms with Gasteiger partial charge in [-0.05, 0) is 54.5 Å². The van der Waals surface area contributed by atoms with Crippen molar-refractivity contribution in [1.82, 2.24) is 34.8 Å². The van der Waals surface area contributed by atoms with Gasteiger partial charge in [0, 0.05) is 24.0 Å². The van der Waals surface area contributed by atoms with Crippen LogP contribution in [0.1, 0.15) is 30.4 Å². The van der Waals surface area contributed by atoms with Crippen molar-refractivity contribution in [3.05, 3.63) is 83.7 Å². The lowest BCUT2D eigenvalue weighted by Crippen LogP contribution is -2.25. The lowest BCUT2D eigenvalue weighted by atomic mass is 9.88. The molecule has 2 N–H and O–H groups in total. The maximum atomic E-state index is 14.0. The second-order valence-electron chi connectivity index (χ2n) is 9.03. The molecule has 0 radical (unpaired) electrons. The van der Waals surface area contributed by atoms with Gasteiger partial charge >= 0.3 is 0 Å². The number of benzene rings is 1. The number of anilines is 1. The molecule has 0 bridgehead atoms. The highest BCUT2D eigenvalue weighted by atomic mass is 19.1. The summed E-state index contributed by atoms with van der Waals surface area (Å²) in [5.74, 6) is 0.518. The molecular weight excluding hydrogens is 443 g/mol. The first-order valence-electron chi connectivity index (χ1n) is 11.6. The van der Waals surface area contributed by atoms with E-state index in [-0.39, 0.29) is 6.04 Å². The maximum Gasteiger partial charge on any atom is 0.228 e. The second kappa shape index (κ2) is 7.83. The maximum absolute atomic E-state index is 14.0. The van der Waals surface area contributed by atoms with E-state index in [4.69, 9.17) is 9.97 Å². The summed E-state index contributed by atoms with van der Waals surface area (Å²) in [7, 11) is 0. The highest BCUT2D eigenvalue weighted by Crippen LogP contribution is 2.42. The molecule has 0 fully saturated rings. The average Bonchev–Trinajstić information content (AvgIpc) is 3.62. The van der Waals surface area contributed by atoms with Gasteiger partial charge in [-0.2, -0.15) is 19.7 Å². The van der Waals surface area contributed by atoms with Crippen molar-refractivity contribution in [2.75, 3.05) is 5.32 Å². The van der Waals surface area contributed by atoms with Gasteiger partial charge in [0.25, 0.3) is 0 Å². The molecule has 0 amide bonds. The smallest absolute Gasteiger partial charge is 0.228 e. The van der Waals surface area contributed by atoms with E-state index in [9.17, 15) is 4.39 Å². The molecule has 2 aliphatic rings. The van der Waals surface area contributed by atoms with Crippen LogP contribution in [0.25, 0.3) is 33.9 Å². The van der Waals surface area contributed by atoms with Crippen LogP contribution in [-0.4, -0.2) is 40.8 Å². The molecule has 2 aliphatic carbocycles.